The van der Waals surface area contributed by atoms with Crippen molar-refractivity contribution in [2.24, 2.45) is 11.3 Å². The van der Waals surface area contributed by atoms with Gasteiger partial charge in [-0.1, -0.05) is 11.6 Å². The van der Waals surface area contributed by atoms with Crippen LogP contribution in [-0.2, 0) is 14.3 Å². The second-order valence-corrected chi connectivity index (χ2v) is 9.34. The van der Waals surface area contributed by atoms with Gasteiger partial charge in [0.25, 0.3) is 0 Å². The van der Waals surface area contributed by atoms with Crippen molar-refractivity contribution in [3.05, 3.63) is 11.6 Å². The van der Waals surface area contributed by atoms with Crippen molar-refractivity contribution >= 4 is 10.1 Å². The Labute approximate surface area is 152 Å². The standard InChI is InChI=1S/C16H19F7O3S/c1-10-2-4-11(5-3-10)12-6-8-13(9-7-12,15(19,20)14(12,17)18)26-27(24,25)16(21,22)23/h2,11H,3-9H2,1H3. The van der Waals surface area contributed by atoms with Crippen molar-refractivity contribution in [3.8, 4) is 0 Å². The van der Waals surface area contributed by atoms with Crippen molar-refractivity contribution < 1.29 is 43.3 Å². The van der Waals surface area contributed by atoms with Gasteiger partial charge in [0.05, 0.1) is 0 Å². The van der Waals surface area contributed by atoms with Crippen LogP contribution in [0.1, 0.15) is 51.9 Å². The molecular formula is C16H19F7O3S. The maximum Gasteiger partial charge on any atom is 0.523 e. The third-order valence-electron chi connectivity index (χ3n) is 6.51. The van der Waals surface area contributed by atoms with Gasteiger partial charge in [0.1, 0.15) is 0 Å². The van der Waals surface area contributed by atoms with Crippen LogP contribution >= 0.6 is 0 Å². The quantitative estimate of drug-likeness (QED) is 0.271. The van der Waals surface area contributed by atoms with Crippen LogP contribution in [0.25, 0.3) is 0 Å². The SMILES string of the molecule is CC1=CCC(C23CCC(OS(=O)(=O)C(F)(F)F)(CC2)C(F)(F)C3(F)F)CC1. The molecule has 4 aliphatic carbocycles. The summed E-state index contributed by atoms with van der Waals surface area (Å²) < 4.78 is 124. The highest BCUT2D eigenvalue weighted by Crippen LogP contribution is 2.71. The van der Waals surface area contributed by atoms with Gasteiger partial charge in [-0.05, 0) is 57.8 Å². The van der Waals surface area contributed by atoms with Crippen LogP contribution in [0, 0.1) is 11.3 Å². The molecule has 0 aromatic heterocycles. The summed E-state index contributed by atoms with van der Waals surface area (Å²) in [6.45, 7) is 1.81. The highest BCUT2D eigenvalue weighted by Gasteiger charge is 2.84. The molecule has 27 heavy (non-hydrogen) atoms. The zero-order chi connectivity index (χ0) is 20.5. The van der Waals surface area contributed by atoms with Crippen molar-refractivity contribution in [2.45, 2.75) is 74.8 Å². The number of halogens is 7. The summed E-state index contributed by atoms with van der Waals surface area (Å²) in [5.41, 5.74) is -10.5. The number of fused-ring (bicyclic) bond motifs is 3. The van der Waals surface area contributed by atoms with Crippen molar-refractivity contribution in [1.29, 1.82) is 0 Å². The molecule has 0 amide bonds. The maximum absolute atomic E-state index is 15.0. The third kappa shape index (κ3) is 2.67. The first-order valence-electron chi connectivity index (χ1n) is 8.55. The molecule has 4 aliphatic rings. The molecule has 0 aliphatic heterocycles. The summed E-state index contributed by atoms with van der Waals surface area (Å²) in [6, 6.07) is 0. The summed E-state index contributed by atoms with van der Waals surface area (Å²) in [5.74, 6) is -10.5. The highest BCUT2D eigenvalue weighted by atomic mass is 32.2. The van der Waals surface area contributed by atoms with E-state index >= 15 is 8.78 Å². The lowest BCUT2D eigenvalue weighted by molar-refractivity contribution is -0.385. The highest BCUT2D eigenvalue weighted by molar-refractivity contribution is 7.87. The average Bonchev–Trinajstić information content (AvgIpc) is 2.53. The Hall–Kier alpha value is -0.840. The van der Waals surface area contributed by atoms with E-state index in [0.717, 1.165) is 5.57 Å². The monoisotopic (exact) mass is 424 g/mol. The second kappa shape index (κ2) is 5.84. The Morgan fingerprint density at radius 1 is 1.04 bits per heavy atom. The first-order chi connectivity index (χ1) is 12.1. The Morgan fingerprint density at radius 3 is 2.04 bits per heavy atom. The molecule has 1 atom stereocenters. The fraction of sp³-hybridized carbons (Fsp3) is 0.875. The van der Waals surface area contributed by atoms with Gasteiger partial charge in [0.15, 0.2) is 5.60 Å². The van der Waals surface area contributed by atoms with Gasteiger partial charge in [-0.2, -0.15) is 39.2 Å². The first kappa shape index (κ1) is 20.9. The van der Waals surface area contributed by atoms with Gasteiger partial charge >= 0.3 is 27.5 Å². The summed E-state index contributed by atoms with van der Waals surface area (Å²) in [4.78, 5) is 0. The predicted octanol–water partition coefficient (Wildman–Crippen LogP) is 5.18. The average molecular weight is 424 g/mol. The zero-order valence-electron chi connectivity index (χ0n) is 14.4. The van der Waals surface area contributed by atoms with E-state index in [-0.39, 0.29) is 12.8 Å². The fourth-order valence-electron chi connectivity index (χ4n) is 4.85. The lowest BCUT2D eigenvalue weighted by Crippen LogP contribution is -2.75. The van der Waals surface area contributed by atoms with Crippen LogP contribution in [0.4, 0.5) is 30.7 Å². The minimum absolute atomic E-state index is 0.187. The molecule has 0 aromatic carbocycles. The zero-order valence-corrected chi connectivity index (χ0v) is 15.2. The smallest absolute Gasteiger partial charge is 0.250 e. The van der Waals surface area contributed by atoms with Crippen LogP contribution in [0.5, 0.6) is 0 Å². The molecule has 3 fully saturated rings. The molecule has 2 bridgehead atoms. The van der Waals surface area contributed by atoms with E-state index in [9.17, 15) is 30.4 Å². The molecule has 11 heteroatoms. The number of alkyl halides is 7. The topological polar surface area (TPSA) is 43.4 Å². The lowest BCUT2D eigenvalue weighted by atomic mass is 9.49. The van der Waals surface area contributed by atoms with Gasteiger partial charge < -0.3 is 0 Å². The largest absolute Gasteiger partial charge is 0.523 e. The van der Waals surface area contributed by atoms with Crippen molar-refractivity contribution in [3.63, 3.8) is 0 Å². The van der Waals surface area contributed by atoms with Crippen molar-refractivity contribution in [1.82, 2.24) is 0 Å². The third-order valence-corrected chi connectivity index (χ3v) is 7.62. The summed E-state index contributed by atoms with van der Waals surface area (Å²) in [5, 5.41) is 0. The number of allylic oxidation sites excluding steroid dienone is 2. The van der Waals surface area contributed by atoms with E-state index in [1.165, 1.54) is 0 Å². The predicted molar refractivity (Wildman–Crippen MR) is 80.7 cm³/mol. The maximum atomic E-state index is 15.0. The van der Waals surface area contributed by atoms with Gasteiger partial charge in [0, 0.05) is 5.41 Å². The molecule has 0 heterocycles. The van der Waals surface area contributed by atoms with E-state index in [4.69, 9.17) is 0 Å². The molecule has 0 saturated heterocycles. The summed E-state index contributed by atoms with van der Waals surface area (Å²) in [6.07, 6.45) is -0.0967. The Balaban J connectivity index is 2.00. The Kier molecular flexibility index (Phi) is 4.51. The second-order valence-electron chi connectivity index (χ2n) is 7.80. The van der Waals surface area contributed by atoms with Gasteiger partial charge in [-0.3, -0.25) is 0 Å². The van der Waals surface area contributed by atoms with Crippen LogP contribution < -0.4 is 0 Å². The van der Waals surface area contributed by atoms with E-state index in [2.05, 4.69) is 4.18 Å². The molecule has 1 unspecified atom stereocenters. The lowest BCUT2D eigenvalue weighted by Gasteiger charge is -2.62. The van der Waals surface area contributed by atoms with Gasteiger partial charge in [0.2, 0.25) is 0 Å². The number of hydrogen-bond donors (Lipinski definition) is 0. The Morgan fingerprint density at radius 2 is 1.59 bits per heavy atom. The molecule has 0 radical (unpaired) electrons. The molecule has 0 spiro atoms. The number of rotatable bonds is 3. The normalized spacial score (nSPS) is 38.5. The molecule has 3 saturated carbocycles. The van der Waals surface area contributed by atoms with Gasteiger partial charge in [-0.15, -0.1) is 0 Å². The number of hydrogen-bond acceptors (Lipinski definition) is 3. The van der Waals surface area contributed by atoms with Gasteiger partial charge in [-0.25, -0.2) is 4.18 Å². The molecule has 3 nitrogen and oxygen atoms in total. The van der Waals surface area contributed by atoms with Crippen molar-refractivity contribution in [2.75, 3.05) is 0 Å². The minimum Gasteiger partial charge on any atom is -0.250 e. The molecule has 0 aromatic rings. The van der Waals surface area contributed by atoms with E-state index < -0.39 is 70.1 Å². The minimum atomic E-state index is -6.44. The molecular weight excluding hydrogens is 405 g/mol. The van der Waals surface area contributed by atoms with E-state index in [1.807, 2.05) is 6.92 Å². The first-order valence-corrected chi connectivity index (χ1v) is 9.96. The van der Waals surface area contributed by atoms with E-state index in [0.29, 0.717) is 6.42 Å². The summed E-state index contributed by atoms with van der Waals surface area (Å²) >= 11 is 0. The van der Waals surface area contributed by atoms with E-state index in [1.54, 1.807) is 6.08 Å². The van der Waals surface area contributed by atoms with Crippen LogP contribution in [0.3, 0.4) is 0 Å². The fourth-order valence-corrected chi connectivity index (χ4v) is 5.64. The molecule has 156 valence electrons. The molecule has 4 rings (SSSR count). The Bertz CT molecular complexity index is 746. The van der Waals surface area contributed by atoms with Crippen LogP contribution in [0.2, 0.25) is 0 Å². The van der Waals surface area contributed by atoms with Crippen LogP contribution in [0.15, 0.2) is 11.6 Å². The summed E-state index contributed by atoms with van der Waals surface area (Å²) in [7, 11) is -6.44. The van der Waals surface area contributed by atoms with Crippen LogP contribution in [-0.4, -0.2) is 31.4 Å². The molecule has 0 N–H and O–H groups in total.